The number of hydrogen-bond acceptors (Lipinski definition) is 2. The molecule has 0 amide bonds. The highest BCUT2D eigenvalue weighted by Crippen LogP contribution is 2.26. The van der Waals surface area contributed by atoms with Crippen molar-refractivity contribution in [3.8, 4) is 0 Å². The van der Waals surface area contributed by atoms with Crippen molar-refractivity contribution in [3.63, 3.8) is 0 Å². The molecule has 106 valence electrons. The predicted octanol–water partition coefficient (Wildman–Crippen LogP) is 3.42. The lowest BCUT2D eigenvalue weighted by Crippen LogP contribution is -2.38. The van der Waals surface area contributed by atoms with Crippen molar-refractivity contribution >= 4 is 11.6 Å². The van der Waals surface area contributed by atoms with Gasteiger partial charge >= 0.3 is 0 Å². The second-order valence-corrected chi connectivity index (χ2v) is 5.63. The molecule has 0 aliphatic carbocycles. The van der Waals surface area contributed by atoms with Crippen LogP contribution in [-0.4, -0.2) is 25.3 Å². The monoisotopic (exact) mass is 285 g/mol. The molecular weight excluding hydrogens is 265 g/mol. The molecule has 0 bridgehead atoms. The number of hydrogen-bond donors (Lipinski definition) is 1. The van der Waals surface area contributed by atoms with E-state index in [1.54, 1.807) is 12.1 Å². The zero-order valence-electron chi connectivity index (χ0n) is 11.5. The number of rotatable bonds is 5. The molecule has 0 radical (unpaired) electrons. The third-order valence-electron chi connectivity index (χ3n) is 3.74. The lowest BCUT2D eigenvalue weighted by atomic mass is 9.91. The Bertz CT molecular complexity index is 427. The van der Waals surface area contributed by atoms with E-state index in [1.165, 1.54) is 0 Å². The Morgan fingerprint density at radius 3 is 2.95 bits per heavy atom. The summed E-state index contributed by atoms with van der Waals surface area (Å²) in [5.41, 5.74) is 0.679. The summed E-state index contributed by atoms with van der Waals surface area (Å²) >= 11 is 5.84. The maximum atomic E-state index is 14.0. The molecule has 1 aliphatic rings. The summed E-state index contributed by atoms with van der Waals surface area (Å²) in [6.45, 7) is 5.78. The van der Waals surface area contributed by atoms with Gasteiger partial charge in [0.2, 0.25) is 0 Å². The van der Waals surface area contributed by atoms with Crippen LogP contribution in [0.15, 0.2) is 18.2 Å². The minimum absolute atomic E-state index is 0.198. The maximum Gasteiger partial charge on any atom is 0.145 e. The summed E-state index contributed by atoms with van der Waals surface area (Å²) in [6, 6.07) is 5.44. The number of benzene rings is 1. The van der Waals surface area contributed by atoms with Crippen molar-refractivity contribution in [2.75, 3.05) is 13.2 Å². The van der Waals surface area contributed by atoms with Gasteiger partial charge in [-0.25, -0.2) is 4.39 Å². The molecule has 2 nitrogen and oxygen atoms in total. The zero-order chi connectivity index (χ0) is 13.8. The van der Waals surface area contributed by atoms with Gasteiger partial charge in [0.15, 0.2) is 0 Å². The lowest BCUT2D eigenvalue weighted by Gasteiger charge is -2.23. The highest BCUT2D eigenvalue weighted by molar-refractivity contribution is 6.30. The molecule has 1 aliphatic heterocycles. The Labute approximate surface area is 119 Å². The summed E-state index contributed by atoms with van der Waals surface area (Å²) in [7, 11) is 0. The van der Waals surface area contributed by atoms with Crippen LogP contribution in [0.4, 0.5) is 4.39 Å². The fraction of sp³-hybridized carbons (Fsp3) is 0.600. The summed E-state index contributed by atoms with van der Waals surface area (Å²) in [6.07, 6.45) is 1.98. The summed E-state index contributed by atoms with van der Waals surface area (Å²) in [4.78, 5) is 0. The van der Waals surface area contributed by atoms with E-state index < -0.39 is 0 Å². The maximum absolute atomic E-state index is 14.0. The summed E-state index contributed by atoms with van der Waals surface area (Å²) in [5.74, 6) is 0.146. The predicted molar refractivity (Wildman–Crippen MR) is 76.1 cm³/mol. The molecule has 1 aromatic carbocycles. The van der Waals surface area contributed by atoms with E-state index in [2.05, 4.69) is 19.2 Å². The standard InChI is InChI=1S/C15H21ClFNO/c1-3-18-14(12-7-10(2)19-9-12)8-11-5-4-6-13(16)15(11)17/h4-6,10,12,14,18H,3,7-9H2,1-2H3. The van der Waals surface area contributed by atoms with Crippen LogP contribution in [0.5, 0.6) is 0 Å². The zero-order valence-corrected chi connectivity index (χ0v) is 12.2. The van der Waals surface area contributed by atoms with Crippen LogP contribution >= 0.6 is 11.6 Å². The Kier molecular flexibility index (Phi) is 5.20. The third kappa shape index (κ3) is 3.68. The molecule has 3 unspecified atom stereocenters. The van der Waals surface area contributed by atoms with Gasteiger partial charge in [-0.15, -0.1) is 0 Å². The van der Waals surface area contributed by atoms with Crippen LogP contribution < -0.4 is 5.32 Å². The van der Waals surface area contributed by atoms with Crippen molar-refractivity contribution in [1.29, 1.82) is 0 Å². The fourth-order valence-corrected chi connectivity index (χ4v) is 2.94. The first-order valence-corrected chi connectivity index (χ1v) is 7.27. The van der Waals surface area contributed by atoms with Crippen molar-refractivity contribution in [2.45, 2.75) is 38.8 Å². The van der Waals surface area contributed by atoms with Crippen LogP contribution in [0, 0.1) is 11.7 Å². The molecule has 19 heavy (non-hydrogen) atoms. The molecule has 1 fully saturated rings. The molecule has 0 saturated carbocycles. The lowest BCUT2D eigenvalue weighted by molar-refractivity contribution is 0.117. The summed E-state index contributed by atoms with van der Waals surface area (Å²) in [5, 5.41) is 3.65. The number of nitrogens with one attached hydrogen (secondary N) is 1. The molecular formula is C15H21ClFNO. The van der Waals surface area contributed by atoms with Crippen molar-refractivity contribution < 1.29 is 9.13 Å². The Balaban J connectivity index is 2.09. The van der Waals surface area contributed by atoms with Gasteiger partial charge in [0.1, 0.15) is 5.82 Å². The van der Waals surface area contributed by atoms with Gasteiger partial charge in [-0.3, -0.25) is 0 Å². The molecule has 0 aromatic heterocycles. The third-order valence-corrected chi connectivity index (χ3v) is 4.03. The molecule has 2 rings (SSSR count). The summed E-state index contributed by atoms with van der Waals surface area (Å²) < 4.78 is 19.6. The van der Waals surface area contributed by atoms with E-state index in [1.807, 2.05) is 6.07 Å². The number of likely N-dealkylation sites (N-methyl/N-ethyl adjacent to an activating group) is 1. The Morgan fingerprint density at radius 1 is 1.53 bits per heavy atom. The van der Waals surface area contributed by atoms with Gasteiger partial charge in [0, 0.05) is 12.0 Å². The molecule has 1 saturated heterocycles. The normalized spacial score (nSPS) is 24.6. The molecule has 1 aromatic rings. The SMILES string of the molecule is CCNC(Cc1cccc(Cl)c1F)C1COC(C)C1. The van der Waals surface area contributed by atoms with Gasteiger partial charge < -0.3 is 10.1 Å². The van der Waals surface area contributed by atoms with Crippen molar-refractivity contribution in [2.24, 2.45) is 5.92 Å². The highest BCUT2D eigenvalue weighted by Gasteiger charge is 2.29. The molecule has 3 atom stereocenters. The van der Waals surface area contributed by atoms with E-state index in [4.69, 9.17) is 16.3 Å². The first-order valence-electron chi connectivity index (χ1n) is 6.89. The topological polar surface area (TPSA) is 21.3 Å². The first kappa shape index (κ1) is 14.8. The minimum atomic E-state index is -0.293. The first-order chi connectivity index (χ1) is 9.11. The molecule has 1 N–H and O–H groups in total. The van der Waals surface area contributed by atoms with Crippen molar-refractivity contribution in [1.82, 2.24) is 5.32 Å². The Hall–Kier alpha value is -0.640. The average Bonchev–Trinajstić information content (AvgIpc) is 2.81. The number of ether oxygens (including phenoxy) is 1. The smallest absolute Gasteiger partial charge is 0.145 e. The molecule has 0 spiro atoms. The van der Waals surface area contributed by atoms with Crippen LogP contribution in [0.1, 0.15) is 25.8 Å². The van der Waals surface area contributed by atoms with Gasteiger partial charge in [-0.2, -0.15) is 0 Å². The Morgan fingerprint density at radius 2 is 2.32 bits per heavy atom. The van der Waals surface area contributed by atoms with E-state index in [0.29, 0.717) is 24.0 Å². The van der Waals surface area contributed by atoms with Crippen molar-refractivity contribution in [3.05, 3.63) is 34.6 Å². The highest BCUT2D eigenvalue weighted by atomic mass is 35.5. The largest absolute Gasteiger partial charge is 0.378 e. The van der Waals surface area contributed by atoms with Gasteiger partial charge in [0.25, 0.3) is 0 Å². The second-order valence-electron chi connectivity index (χ2n) is 5.22. The molecule has 1 heterocycles. The number of halogens is 2. The van der Waals surface area contributed by atoms with E-state index in [0.717, 1.165) is 19.6 Å². The molecule has 4 heteroatoms. The minimum Gasteiger partial charge on any atom is -0.378 e. The van der Waals surface area contributed by atoms with Crippen LogP contribution in [0.2, 0.25) is 5.02 Å². The average molecular weight is 286 g/mol. The van der Waals surface area contributed by atoms with Crippen LogP contribution in [0.3, 0.4) is 0 Å². The van der Waals surface area contributed by atoms with E-state index >= 15 is 0 Å². The van der Waals surface area contributed by atoms with Gasteiger partial charge in [0.05, 0.1) is 17.7 Å². The van der Waals surface area contributed by atoms with E-state index in [9.17, 15) is 4.39 Å². The van der Waals surface area contributed by atoms with Crippen LogP contribution in [-0.2, 0) is 11.2 Å². The quantitative estimate of drug-likeness (QED) is 0.895. The van der Waals surface area contributed by atoms with Crippen LogP contribution in [0.25, 0.3) is 0 Å². The fourth-order valence-electron chi connectivity index (χ4n) is 2.74. The second kappa shape index (κ2) is 6.69. The van der Waals surface area contributed by atoms with Gasteiger partial charge in [-0.05, 0) is 37.9 Å². The van der Waals surface area contributed by atoms with Gasteiger partial charge in [-0.1, -0.05) is 30.7 Å². The van der Waals surface area contributed by atoms with E-state index in [-0.39, 0.29) is 16.9 Å².